The minimum Gasteiger partial charge on any atom is -0.544 e. The molecular formula is C26H47NO5Si2. The maximum absolute atomic E-state index is 13.2. The first-order valence-electron chi connectivity index (χ1n) is 12.0. The average Bonchev–Trinajstić information content (AvgIpc) is 2.58. The Labute approximate surface area is 209 Å². The first kappa shape index (κ1) is 30.2. The fraction of sp³-hybridized carbons (Fsp3) is 0.692. The lowest BCUT2D eigenvalue weighted by atomic mass is 10.1. The average molecular weight is 510 g/mol. The molecule has 34 heavy (non-hydrogen) atoms. The molecule has 0 saturated carbocycles. The van der Waals surface area contributed by atoms with E-state index in [9.17, 15) is 9.59 Å². The molecule has 1 N–H and O–H groups in total. The van der Waals surface area contributed by atoms with Crippen LogP contribution in [0.2, 0.25) is 36.3 Å². The number of hydrogen-bond donors (Lipinski definition) is 1. The highest BCUT2D eigenvalue weighted by atomic mass is 28.4. The first-order valence-corrected chi connectivity index (χ1v) is 17.9. The maximum atomic E-state index is 13.2. The Balaban J connectivity index is 3.09. The molecule has 0 unspecified atom stereocenters. The first-order chi connectivity index (χ1) is 15.0. The molecule has 0 bridgehead atoms. The van der Waals surface area contributed by atoms with E-state index in [1.54, 1.807) is 20.8 Å². The van der Waals surface area contributed by atoms with Crippen molar-refractivity contribution >= 4 is 28.7 Å². The zero-order valence-electron chi connectivity index (χ0n) is 23.6. The van der Waals surface area contributed by atoms with E-state index in [4.69, 9.17) is 13.6 Å². The van der Waals surface area contributed by atoms with E-state index in [0.717, 1.165) is 11.3 Å². The molecule has 1 aromatic carbocycles. The van der Waals surface area contributed by atoms with Crippen LogP contribution < -0.4 is 9.74 Å². The Kier molecular flexibility index (Phi) is 9.28. The van der Waals surface area contributed by atoms with Crippen molar-refractivity contribution < 1.29 is 23.2 Å². The molecule has 0 aromatic heterocycles. The van der Waals surface area contributed by atoms with Crippen molar-refractivity contribution in [2.75, 3.05) is 0 Å². The molecule has 1 amide bonds. The molecule has 194 valence electrons. The van der Waals surface area contributed by atoms with Crippen LogP contribution in [0.1, 0.15) is 67.9 Å². The summed E-state index contributed by atoms with van der Waals surface area (Å²) in [7, 11) is -4.30. The molecule has 0 fully saturated rings. The maximum Gasteiger partial charge on any atom is 0.408 e. The second-order valence-electron chi connectivity index (χ2n) is 13.1. The van der Waals surface area contributed by atoms with Gasteiger partial charge in [0.25, 0.3) is 8.32 Å². The van der Waals surface area contributed by atoms with Gasteiger partial charge in [0, 0.05) is 6.42 Å². The van der Waals surface area contributed by atoms with Crippen LogP contribution in [0.5, 0.6) is 5.75 Å². The third kappa shape index (κ3) is 9.09. The minimum atomic E-state index is -2.36. The van der Waals surface area contributed by atoms with Crippen molar-refractivity contribution in [3.8, 4) is 5.75 Å². The fourth-order valence-corrected chi connectivity index (χ4v) is 4.48. The molecule has 0 heterocycles. The van der Waals surface area contributed by atoms with Gasteiger partial charge in [-0.1, -0.05) is 53.7 Å². The van der Waals surface area contributed by atoms with E-state index in [1.807, 2.05) is 37.4 Å². The topological polar surface area (TPSA) is 73.9 Å². The van der Waals surface area contributed by atoms with Gasteiger partial charge in [0.2, 0.25) is 8.32 Å². The third-order valence-electron chi connectivity index (χ3n) is 6.68. The minimum absolute atomic E-state index is 0.0988. The molecule has 1 rings (SSSR count). The van der Waals surface area contributed by atoms with Crippen molar-refractivity contribution in [2.45, 2.75) is 117 Å². The van der Waals surface area contributed by atoms with Gasteiger partial charge in [0.15, 0.2) is 0 Å². The number of rotatable bonds is 7. The van der Waals surface area contributed by atoms with Crippen LogP contribution in [0.4, 0.5) is 4.79 Å². The van der Waals surface area contributed by atoms with Gasteiger partial charge in [-0.2, -0.15) is 0 Å². The van der Waals surface area contributed by atoms with Crippen molar-refractivity contribution in [3.05, 3.63) is 29.8 Å². The van der Waals surface area contributed by atoms with E-state index in [1.165, 1.54) is 0 Å². The van der Waals surface area contributed by atoms with Gasteiger partial charge >= 0.3 is 12.1 Å². The summed E-state index contributed by atoms with van der Waals surface area (Å²) in [4.78, 5) is 25.7. The second-order valence-corrected chi connectivity index (χ2v) is 22.5. The Bertz CT molecular complexity index is 844. The molecule has 0 aliphatic heterocycles. The lowest BCUT2D eigenvalue weighted by Gasteiger charge is -2.37. The zero-order chi connectivity index (χ0) is 26.8. The van der Waals surface area contributed by atoms with Gasteiger partial charge < -0.3 is 18.9 Å². The number of nitrogens with one attached hydrogen (secondary N) is 1. The largest absolute Gasteiger partial charge is 0.544 e. The molecule has 1 aromatic rings. The highest BCUT2D eigenvalue weighted by Gasteiger charge is 2.42. The van der Waals surface area contributed by atoms with Gasteiger partial charge in [0.05, 0.1) is 0 Å². The summed E-state index contributed by atoms with van der Waals surface area (Å²) in [5, 5.41) is 2.69. The van der Waals surface area contributed by atoms with Crippen LogP contribution in [0.3, 0.4) is 0 Å². The lowest BCUT2D eigenvalue weighted by Crippen LogP contribution is -2.51. The van der Waals surface area contributed by atoms with Crippen molar-refractivity contribution in [1.82, 2.24) is 5.32 Å². The number of carbonyl (C=O) groups is 2. The van der Waals surface area contributed by atoms with Gasteiger partial charge in [-0.05, 0) is 74.7 Å². The Hall–Kier alpha value is -1.81. The molecule has 0 saturated heterocycles. The number of amides is 1. The molecule has 6 nitrogen and oxygen atoms in total. The monoisotopic (exact) mass is 509 g/mol. The van der Waals surface area contributed by atoms with E-state index in [2.05, 4.69) is 60.0 Å². The summed E-state index contributed by atoms with van der Waals surface area (Å²) in [5.41, 5.74) is 0.233. The molecule has 0 aliphatic rings. The number of carbonyl (C=O) groups excluding carboxylic acids is 2. The van der Waals surface area contributed by atoms with Gasteiger partial charge in [-0.3, -0.25) is 4.79 Å². The van der Waals surface area contributed by atoms with Crippen LogP contribution in [-0.4, -0.2) is 40.3 Å². The molecular weight excluding hydrogens is 462 g/mol. The molecule has 8 heteroatoms. The summed E-state index contributed by atoms with van der Waals surface area (Å²) in [5.74, 6) is 0.384. The number of ether oxygens (including phenoxy) is 1. The predicted octanol–water partition coefficient (Wildman–Crippen LogP) is 7.05. The van der Waals surface area contributed by atoms with Crippen LogP contribution in [0, 0.1) is 0 Å². The summed E-state index contributed by atoms with van der Waals surface area (Å²) < 4.78 is 17.8. The van der Waals surface area contributed by atoms with Crippen LogP contribution in [-0.2, 0) is 20.4 Å². The second kappa shape index (κ2) is 10.4. The van der Waals surface area contributed by atoms with E-state index in [0.29, 0.717) is 6.42 Å². The summed E-state index contributed by atoms with van der Waals surface area (Å²) in [6, 6.07) is 6.88. The van der Waals surface area contributed by atoms with Gasteiger partial charge in [-0.25, -0.2) is 4.79 Å². The standard InChI is InChI=1S/C26H47NO5Si2/c1-24(2,3)30-23(29)27-21(22(28)32-34(12,13)26(7,8)9)18-19-14-16-20(17-15-19)31-33(10,11)25(4,5)6/h14-17,21H,18H2,1-13H3,(H,27,29)/t21-/m1/s1. The quantitative estimate of drug-likeness (QED) is 0.398. The van der Waals surface area contributed by atoms with Crippen LogP contribution in [0.15, 0.2) is 24.3 Å². The Morgan fingerprint density at radius 2 is 1.29 bits per heavy atom. The fourth-order valence-electron chi connectivity index (χ4n) is 2.50. The highest BCUT2D eigenvalue weighted by Crippen LogP contribution is 2.38. The summed E-state index contributed by atoms with van der Waals surface area (Å²) in [6.07, 6.45) is -0.338. The van der Waals surface area contributed by atoms with Crippen molar-refractivity contribution in [2.24, 2.45) is 0 Å². The smallest absolute Gasteiger partial charge is 0.408 e. The molecule has 0 spiro atoms. The van der Waals surface area contributed by atoms with Crippen LogP contribution in [0.25, 0.3) is 0 Å². The lowest BCUT2D eigenvalue weighted by molar-refractivity contribution is -0.137. The van der Waals surface area contributed by atoms with Gasteiger partial charge in [0.1, 0.15) is 17.4 Å². The van der Waals surface area contributed by atoms with Gasteiger partial charge in [-0.15, -0.1) is 0 Å². The van der Waals surface area contributed by atoms with Crippen molar-refractivity contribution in [1.29, 1.82) is 0 Å². The number of alkyl carbamates (subject to hydrolysis) is 1. The number of benzene rings is 1. The summed E-state index contributed by atoms with van der Waals surface area (Å²) >= 11 is 0. The highest BCUT2D eigenvalue weighted by molar-refractivity contribution is 6.75. The van der Waals surface area contributed by atoms with E-state index < -0.39 is 40.3 Å². The number of hydrogen-bond acceptors (Lipinski definition) is 5. The SMILES string of the molecule is CC(C)(C)OC(=O)N[C@H](Cc1ccc(O[Si](C)(C)C(C)(C)C)cc1)C(=O)O[Si](C)(C)C(C)(C)C. The zero-order valence-corrected chi connectivity index (χ0v) is 25.6. The van der Waals surface area contributed by atoms with Crippen molar-refractivity contribution in [3.63, 3.8) is 0 Å². The Morgan fingerprint density at radius 3 is 1.71 bits per heavy atom. The third-order valence-corrected chi connectivity index (χ3v) is 15.4. The molecule has 1 atom stereocenters. The molecule has 0 radical (unpaired) electrons. The summed E-state index contributed by atoms with van der Waals surface area (Å²) in [6.45, 7) is 26.6. The van der Waals surface area contributed by atoms with E-state index >= 15 is 0 Å². The van der Waals surface area contributed by atoms with Crippen LogP contribution >= 0.6 is 0 Å². The van der Waals surface area contributed by atoms with E-state index in [-0.39, 0.29) is 10.1 Å². The predicted molar refractivity (Wildman–Crippen MR) is 144 cm³/mol. The normalized spacial score (nSPS) is 14.3. The molecule has 0 aliphatic carbocycles. The Morgan fingerprint density at radius 1 is 0.824 bits per heavy atom.